The van der Waals surface area contributed by atoms with Gasteiger partial charge < -0.3 is 4.90 Å². The summed E-state index contributed by atoms with van der Waals surface area (Å²) in [4.78, 5) is 16.0. The Labute approximate surface area is 87.1 Å². The summed E-state index contributed by atoms with van der Waals surface area (Å²) in [7, 11) is 0. The fraction of sp³-hybridized carbons (Fsp3) is 0.909. The molecule has 0 radical (unpaired) electrons. The Morgan fingerprint density at radius 2 is 1.93 bits per heavy atom. The van der Waals surface area contributed by atoms with Gasteiger partial charge in [0.2, 0.25) is 5.91 Å². The number of hydrogen-bond donors (Lipinski definition) is 0. The van der Waals surface area contributed by atoms with Gasteiger partial charge in [0, 0.05) is 38.6 Å². The summed E-state index contributed by atoms with van der Waals surface area (Å²) in [5, 5.41) is 0. The first-order chi connectivity index (χ1) is 6.65. The van der Waals surface area contributed by atoms with Crippen LogP contribution in [0.3, 0.4) is 0 Å². The molecule has 1 rings (SSSR count). The molecule has 0 N–H and O–H groups in total. The summed E-state index contributed by atoms with van der Waals surface area (Å²) >= 11 is 0. The molecule has 0 saturated carbocycles. The number of rotatable bonds is 2. The third kappa shape index (κ3) is 2.98. The van der Waals surface area contributed by atoms with Gasteiger partial charge in [-0.15, -0.1) is 0 Å². The molecule has 1 heterocycles. The number of nitrogens with zero attached hydrogens (tertiary/aromatic N) is 2. The molecule has 0 bridgehead atoms. The molecule has 0 aromatic rings. The third-order valence-corrected chi connectivity index (χ3v) is 2.92. The first-order valence-corrected chi connectivity index (χ1v) is 5.67. The Hall–Kier alpha value is -0.570. The number of carbonyl (C=O) groups is 1. The molecule has 14 heavy (non-hydrogen) atoms. The van der Waals surface area contributed by atoms with Crippen LogP contribution in [0.2, 0.25) is 0 Å². The van der Waals surface area contributed by atoms with Gasteiger partial charge in [-0.1, -0.05) is 6.92 Å². The lowest BCUT2D eigenvalue weighted by atomic mass is 10.3. The van der Waals surface area contributed by atoms with Crippen molar-refractivity contribution in [1.29, 1.82) is 0 Å². The molecule has 0 aliphatic carbocycles. The minimum absolute atomic E-state index is 0.301. The molecule has 0 atom stereocenters. The van der Waals surface area contributed by atoms with E-state index in [0.29, 0.717) is 18.4 Å². The monoisotopic (exact) mass is 198 g/mol. The predicted molar refractivity (Wildman–Crippen MR) is 58.2 cm³/mol. The Morgan fingerprint density at radius 1 is 1.21 bits per heavy atom. The summed E-state index contributed by atoms with van der Waals surface area (Å²) in [6.45, 7) is 10.4. The summed E-state index contributed by atoms with van der Waals surface area (Å²) in [6, 6.07) is 0.603. The summed E-state index contributed by atoms with van der Waals surface area (Å²) in [6.07, 6.45) is 1.76. The van der Waals surface area contributed by atoms with Crippen molar-refractivity contribution in [2.24, 2.45) is 0 Å². The minimum Gasteiger partial charge on any atom is -0.341 e. The minimum atomic E-state index is 0.301. The maximum absolute atomic E-state index is 11.5. The van der Waals surface area contributed by atoms with Gasteiger partial charge in [0.05, 0.1) is 0 Å². The van der Waals surface area contributed by atoms with Crippen LogP contribution in [0.5, 0.6) is 0 Å². The average Bonchev–Trinajstić information content (AvgIpc) is 2.41. The van der Waals surface area contributed by atoms with Crippen LogP contribution >= 0.6 is 0 Å². The Balaban J connectivity index is 2.44. The molecule has 0 aromatic heterocycles. The molecule has 1 amide bonds. The van der Waals surface area contributed by atoms with Crippen LogP contribution in [-0.2, 0) is 4.79 Å². The first-order valence-electron chi connectivity index (χ1n) is 5.67. The van der Waals surface area contributed by atoms with E-state index < -0.39 is 0 Å². The lowest BCUT2D eigenvalue weighted by Crippen LogP contribution is -2.37. The molecular formula is C11H22N2O. The van der Waals surface area contributed by atoms with Crippen LogP contribution in [0.1, 0.15) is 33.6 Å². The van der Waals surface area contributed by atoms with E-state index in [1.165, 1.54) is 0 Å². The predicted octanol–water partition coefficient (Wildman–Crippen LogP) is 1.34. The molecule has 3 heteroatoms. The number of amides is 1. The molecule has 0 spiro atoms. The smallest absolute Gasteiger partial charge is 0.222 e. The van der Waals surface area contributed by atoms with Crippen molar-refractivity contribution in [2.75, 3.05) is 26.2 Å². The Kier molecular flexibility index (Phi) is 4.39. The van der Waals surface area contributed by atoms with Gasteiger partial charge in [-0.25, -0.2) is 0 Å². The summed E-state index contributed by atoms with van der Waals surface area (Å²) < 4.78 is 0. The van der Waals surface area contributed by atoms with Crippen LogP contribution in [0.15, 0.2) is 0 Å². The molecule has 0 aromatic carbocycles. The average molecular weight is 198 g/mol. The molecule has 3 nitrogen and oxygen atoms in total. The van der Waals surface area contributed by atoms with E-state index in [9.17, 15) is 4.79 Å². The second-order valence-electron chi connectivity index (χ2n) is 4.22. The van der Waals surface area contributed by atoms with Crippen molar-refractivity contribution < 1.29 is 4.79 Å². The fourth-order valence-corrected chi connectivity index (χ4v) is 1.93. The van der Waals surface area contributed by atoms with Crippen molar-refractivity contribution in [2.45, 2.75) is 39.7 Å². The van der Waals surface area contributed by atoms with Gasteiger partial charge >= 0.3 is 0 Å². The molecular weight excluding hydrogens is 176 g/mol. The maximum Gasteiger partial charge on any atom is 0.222 e. The van der Waals surface area contributed by atoms with Crippen LogP contribution in [0.25, 0.3) is 0 Å². The second kappa shape index (κ2) is 5.35. The third-order valence-electron chi connectivity index (χ3n) is 2.92. The van der Waals surface area contributed by atoms with E-state index in [0.717, 1.165) is 32.6 Å². The highest BCUT2D eigenvalue weighted by Crippen LogP contribution is 2.07. The van der Waals surface area contributed by atoms with E-state index in [-0.39, 0.29) is 0 Å². The van der Waals surface area contributed by atoms with Gasteiger partial charge in [0.1, 0.15) is 0 Å². The van der Waals surface area contributed by atoms with Gasteiger partial charge in [0.15, 0.2) is 0 Å². The molecule has 1 saturated heterocycles. The van der Waals surface area contributed by atoms with Gasteiger partial charge in [0.25, 0.3) is 0 Å². The number of carbonyl (C=O) groups excluding carboxylic acids is 1. The zero-order chi connectivity index (χ0) is 10.6. The van der Waals surface area contributed by atoms with Crippen LogP contribution in [0, 0.1) is 0 Å². The standard InChI is InChI=1S/C11H22N2O/c1-4-11(14)13-7-5-6-12(8-9-13)10(2)3/h10H,4-9H2,1-3H3. The molecule has 0 unspecified atom stereocenters. The maximum atomic E-state index is 11.5. The zero-order valence-electron chi connectivity index (χ0n) is 9.62. The quantitative estimate of drug-likeness (QED) is 0.668. The van der Waals surface area contributed by atoms with E-state index in [1.807, 2.05) is 11.8 Å². The molecule has 1 aliphatic heterocycles. The van der Waals surface area contributed by atoms with Crippen LogP contribution in [0.4, 0.5) is 0 Å². The highest BCUT2D eigenvalue weighted by molar-refractivity contribution is 5.75. The van der Waals surface area contributed by atoms with Crippen molar-refractivity contribution in [3.05, 3.63) is 0 Å². The summed E-state index contributed by atoms with van der Waals surface area (Å²) in [5.41, 5.74) is 0. The lowest BCUT2D eigenvalue weighted by Gasteiger charge is -2.24. The highest BCUT2D eigenvalue weighted by atomic mass is 16.2. The van der Waals surface area contributed by atoms with Crippen molar-refractivity contribution in [1.82, 2.24) is 9.80 Å². The molecule has 1 fully saturated rings. The topological polar surface area (TPSA) is 23.6 Å². The van der Waals surface area contributed by atoms with Crippen molar-refractivity contribution >= 4 is 5.91 Å². The van der Waals surface area contributed by atoms with E-state index in [4.69, 9.17) is 0 Å². The number of hydrogen-bond acceptors (Lipinski definition) is 2. The van der Waals surface area contributed by atoms with Crippen molar-refractivity contribution in [3.8, 4) is 0 Å². The highest BCUT2D eigenvalue weighted by Gasteiger charge is 2.18. The Morgan fingerprint density at radius 3 is 2.50 bits per heavy atom. The normalized spacial score (nSPS) is 19.9. The van der Waals surface area contributed by atoms with Gasteiger partial charge in [-0.3, -0.25) is 9.69 Å². The van der Waals surface area contributed by atoms with E-state index in [1.54, 1.807) is 0 Å². The van der Waals surface area contributed by atoms with Crippen LogP contribution in [-0.4, -0.2) is 47.9 Å². The molecule has 1 aliphatic rings. The zero-order valence-corrected chi connectivity index (χ0v) is 9.62. The second-order valence-corrected chi connectivity index (χ2v) is 4.22. The first kappa shape index (κ1) is 11.5. The van der Waals surface area contributed by atoms with Gasteiger partial charge in [-0.2, -0.15) is 0 Å². The Bertz CT molecular complexity index is 192. The van der Waals surface area contributed by atoms with Gasteiger partial charge in [-0.05, 0) is 20.3 Å². The molecule has 82 valence electrons. The fourth-order valence-electron chi connectivity index (χ4n) is 1.93. The van der Waals surface area contributed by atoms with E-state index >= 15 is 0 Å². The van der Waals surface area contributed by atoms with Crippen molar-refractivity contribution in [3.63, 3.8) is 0 Å². The lowest BCUT2D eigenvalue weighted by molar-refractivity contribution is -0.130. The van der Waals surface area contributed by atoms with Crippen LogP contribution < -0.4 is 0 Å². The van der Waals surface area contributed by atoms with E-state index in [2.05, 4.69) is 18.7 Å². The largest absolute Gasteiger partial charge is 0.341 e. The summed E-state index contributed by atoms with van der Waals surface area (Å²) in [5.74, 6) is 0.301. The SMILES string of the molecule is CCC(=O)N1CCCN(C(C)C)CC1.